The first-order valence-electron chi connectivity index (χ1n) is 3.35. The van der Waals surface area contributed by atoms with Crippen LogP contribution < -0.4 is 4.74 Å². The molecule has 1 aromatic heterocycles. The Morgan fingerprint density at radius 1 is 1.40 bits per heavy atom. The van der Waals surface area contributed by atoms with Crippen molar-refractivity contribution in [2.45, 2.75) is 11.5 Å². The summed E-state index contributed by atoms with van der Waals surface area (Å²) in [6, 6.07) is 0. The molecule has 0 aliphatic rings. The van der Waals surface area contributed by atoms with Crippen molar-refractivity contribution >= 4 is 19.7 Å². The van der Waals surface area contributed by atoms with Crippen LogP contribution >= 0.6 is 10.7 Å². The molecule has 0 amide bonds. The van der Waals surface area contributed by atoms with Crippen LogP contribution in [0.25, 0.3) is 0 Å². The van der Waals surface area contributed by atoms with E-state index < -0.39 is 32.1 Å². The van der Waals surface area contributed by atoms with E-state index in [1.807, 2.05) is 0 Å². The van der Waals surface area contributed by atoms with E-state index in [-0.39, 0.29) is 0 Å². The van der Waals surface area contributed by atoms with Crippen molar-refractivity contribution < 1.29 is 26.3 Å². The Balaban J connectivity index is 3.24. The maximum Gasteiger partial charge on any atom is 0.387 e. The fourth-order valence-electron chi connectivity index (χ4n) is 0.756. The normalized spacial score (nSPS) is 11.8. The number of hydrogen-bond acceptors (Lipinski definition) is 4. The number of aromatic nitrogens is 1. The molecule has 0 radical (unpaired) electrons. The molecule has 15 heavy (non-hydrogen) atoms. The highest BCUT2D eigenvalue weighted by molar-refractivity contribution is 8.13. The van der Waals surface area contributed by atoms with Gasteiger partial charge in [-0.05, 0) is 0 Å². The molecule has 0 aliphatic heterocycles. The van der Waals surface area contributed by atoms with Gasteiger partial charge in [-0.2, -0.15) is 8.78 Å². The van der Waals surface area contributed by atoms with Gasteiger partial charge in [-0.1, -0.05) is 0 Å². The van der Waals surface area contributed by atoms with E-state index in [2.05, 4.69) is 9.72 Å². The average molecular weight is 262 g/mol. The first-order chi connectivity index (χ1) is 6.82. The lowest BCUT2D eigenvalue weighted by molar-refractivity contribution is -0.0527. The van der Waals surface area contributed by atoms with Crippen LogP contribution in [0.4, 0.5) is 13.2 Å². The highest BCUT2D eigenvalue weighted by atomic mass is 35.7. The Morgan fingerprint density at radius 3 is 2.47 bits per heavy atom. The fourth-order valence-corrected chi connectivity index (χ4v) is 1.58. The lowest BCUT2D eigenvalue weighted by Gasteiger charge is -2.06. The summed E-state index contributed by atoms with van der Waals surface area (Å²) in [5.74, 6) is -2.48. The van der Waals surface area contributed by atoms with E-state index >= 15 is 0 Å². The second-order valence-corrected chi connectivity index (χ2v) is 4.80. The average Bonchev–Trinajstić information content (AvgIpc) is 2.05. The van der Waals surface area contributed by atoms with Gasteiger partial charge in [0.25, 0.3) is 9.05 Å². The molecule has 0 saturated heterocycles. The predicted octanol–water partition coefficient (Wildman–Crippen LogP) is 1.75. The minimum atomic E-state index is -4.38. The van der Waals surface area contributed by atoms with Crippen molar-refractivity contribution in [3.05, 3.63) is 18.2 Å². The summed E-state index contributed by atoms with van der Waals surface area (Å²) < 4.78 is 61.8. The summed E-state index contributed by atoms with van der Waals surface area (Å²) in [4.78, 5) is 2.19. The lowest BCUT2D eigenvalue weighted by Crippen LogP contribution is -2.06. The summed E-state index contributed by atoms with van der Waals surface area (Å²) in [5, 5.41) is 0. The van der Waals surface area contributed by atoms with Gasteiger partial charge in [-0.3, -0.25) is 4.98 Å². The summed E-state index contributed by atoms with van der Waals surface area (Å²) in [6.45, 7) is -3.28. The molecule has 0 atom stereocenters. The van der Waals surface area contributed by atoms with E-state index in [9.17, 15) is 21.6 Å². The first-order valence-corrected chi connectivity index (χ1v) is 5.66. The van der Waals surface area contributed by atoms with Crippen LogP contribution in [-0.2, 0) is 9.05 Å². The van der Waals surface area contributed by atoms with Gasteiger partial charge in [0.1, 0.15) is 4.90 Å². The number of alkyl halides is 2. The Kier molecular flexibility index (Phi) is 3.40. The maximum absolute atomic E-state index is 13.2. The van der Waals surface area contributed by atoms with Crippen molar-refractivity contribution in [3.8, 4) is 5.75 Å². The number of hydrogen-bond donors (Lipinski definition) is 0. The quantitative estimate of drug-likeness (QED) is 0.778. The van der Waals surface area contributed by atoms with E-state index in [1.54, 1.807) is 0 Å². The van der Waals surface area contributed by atoms with E-state index in [4.69, 9.17) is 10.7 Å². The SMILES string of the molecule is O=S(=O)(Cl)c1cncc(OC(F)F)c1F. The zero-order valence-corrected chi connectivity index (χ0v) is 8.40. The molecule has 0 fully saturated rings. The van der Waals surface area contributed by atoms with Crippen LogP contribution in [-0.4, -0.2) is 20.0 Å². The van der Waals surface area contributed by atoms with Gasteiger partial charge in [-0.25, -0.2) is 12.8 Å². The van der Waals surface area contributed by atoms with E-state index in [0.717, 1.165) is 0 Å². The topological polar surface area (TPSA) is 56.3 Å². The van der Waals surface area contributed by atoms with Gasteiger partial charge >= 0.3 is 6.61 Å². The molecule has 9 heteroatoms. The second kappa shape index (κ2) is 4.23. The highest BCUT2D eigenvalue weighted by Gasteiger charge is 2.21. The largest absolute Gasteiger partial charge is 0.430 e. The number of halogens is 4. The fraction of sp³-hybridized carbons (Fsp3) is 0.167. The van der Waals surface area contributed by atoms with Crippen molar-refractivity contribution in [1.82, 2.24) is 4.98 Å². The minimum absolute atomic E-state index is 0.593. The van der Waals surface area contributed by atoms with E-state index in [0.29, 0.717) is 12.4 Å². The highest BCUT2D eigenvalue weighted by Crippen LogP contribution is 2.25. The third-order valence-corrected chi connectivity index (χ3v) is 2.60. The van der Waals surface area contributed by atoms with E-state index in [1.165, 1.54) is 0 Å². The summed E-state index contributed by atoms with van der Waals surface area (Å²) in [7, 11) is 0.440. The summed E-state index contributed by atoms with van der Waals surface area (Å²) >= 11 is 0. The lowest BCUT2D eigenvalue weighted by atomic mass is 10.4. The number of rotatable bonds is 3. The van der Waals surface area contributed by atoms with Crippen LogP contribution in [0.3, 0.4) is 0 Å². The predicted molar refractivity (Wildman–Crippen MR) is 43.9 cm³/mol. The molecule has 4 nitrogen and oxygen atoms in total. The zero-order valence-electron chi connectivity index (χ0n) is 6.82. The van der Waals surface area contributed by atoms with Crippen molar-refractivity contribution in [1.29, 1.82) is 0 Å². The zero-order chi connectivity index (χ0) is 11.6. The molecular formula is C6H3ClF3NO3S. The van der Waals surface area contributed by atoms with Crippen molar-refractivity contribution in [2.24, 2.45) is 0 Å². The molecule has 0 aliphatic carbocycles. The standard InChI is InChI=1S/C6H3ClF3NO3S/c7-15(12,13)4-2-11-1-3(5(4)8)14-6(9)10/h1-2,6H. The Labute approximate surface area is 87.1 Å². The van der Waals surface area contributed by atoms with Crippen LogP contribution in [0.5, 0.6) is 5.75 Å². The molecule has 84 valence electrons. The molecule has 0 unspecified atom stereocenters. The molecule has 0 N–H and O–H groups in total. The van der Waals surface area contributed by atoms with Crippen molar-refractivity contribution in [3.63, 3.8) is 0 Å². The van der Waals surface area contributed by atoms with Gasteiger partial charge in [0, 0.05) is 10.7 Å². The summed E-state index contributed by atoms with van der Waals surface area (Å²) in [5.41, 5.74) is 0. The van der Waals surface area contributed by atoms with Gasteiger partial charge in [0.2, 0.25) is 0 Å². The van der Waals surface area contributed by atoms with Crippen LogP contribution in [0.15, 0.2) is 17.3 Å². The molecular weight excluding hydrogens is 259 g/mol. The number of pyridine rings is 1. The molecule has 0 aromatic carbocycles. The van der Waals surface area contributed by atoms with Gasteiger partial charge in [-0.15, -0.1) is 0 Å². The molecule has 0 bridgehead atoms. The smallest absolute Gasteiger partial charge is 0.387 e. The Hall–Kier alpha value is -1.02. The van der Waals surface area contributed by atoms with Crippen LogP contribution in [0.1, 0.15) is 0 Å². The molecule has 1 aromatic rings. The third-order valence-electron chi connectivity index (χ3n) is 1.29. The van der Waals surface area contributed by atoms with Gasteiger partial charge in [0.15, 0.2) is 11.6 Å². The monoisotopic (exact) mass is 261 g/mol. The van der Waals surface area contributed by atoms with Gasteiger partial charge < -0.3 is 4.74 Å². The Morgan fingerprint density at radius 2 is 2.00 bits per heavy atom. The van der Waals surface area contributed by atoms with Crippen LogP contribution in [0, 0.1) is 5.82 Å². The minimum Gasteiger partial charge on any atom is -0.430 e. The van der Waals surface area contributed by atoms with Gasteiger partial charge in [0.05, 0.1) is 12.4 Å². The molecule has 1 heterocycles. The number of nitrogens with zero attached hydrogens (tertiary/aromatic N) is 1. The molecule has 1 rings (SSSR count). The Bertz CT molecular complexity index is 465. The second-order valence-electron chi connectivity index (χ2n) is 2.27. The van der Waals surface area contributed by atoms with Crippen molar-refractivity contribution in [2.75, 3.05) is 0 Å². The first kappa shape index (κ1) is 12.1. The molecule has 0 spiro atoms. The molecule has 0 saturated carbocycles. The number of ether oxygens (including phenoxy) is 1. The third kappa shape index (κ3) is 2.96. The summed E-state index contributed by atoms with van der Waals surface area (Å²) in [6.07, 6.45) is 1.21. The maximum atomic E-state index is 13.2. The van der Waals surface area contributed by atoms with Crippen LogP contribution in [0.2, 0.25) is 0 Å².